The number of methoxy groups -OCH3 is 1. The van der Waals surface area contributed by atoms with Crippen LogP contribution in [-0.2, 0) is 11.3 Å². The third kappa shape index (κ3) is 6.07. The SMILES string of the molecule is CCN(CC)C(=O)[C@H]1CN2CC[C@H]1[C@H](NCc1cc(C(C)C)ccc1OC)[C@@H]2C(c1ccccc1)c1ccccc1. The minimum Gasteiger partial charge on any atom is -0.496 e. The number of hydrogen-bond donors (Lipinski definition) is 1. The fourth-order valence-electron chi connectivity index (χ4n) is 7.33. The molecule has 3 aliphatic rings. The monoisotopic (exact) mass is 553 g/mol. The van der Waals surface area contributed by atoms with Gasteiger partial charge in [-0.2, -0.15) is 0 Å². The Morgan fingerprint density at radius 1 is 0.951 bits per heavy atom. The molecule has 3 aromatic rings. The first-order valence-corrected chi connectivity index (χ1v) is 15.5. The van der Waals surface area contributed by atoms with Gasteiger partial charge in [0, 0.05) is 49.7 Å². The molecule has 5 heteroatoms. The molecule has 0 aromatic heterocycles. The first-order valence-electron chi connectivity index (χ1n) is 15.5. The van der Waals surface area contributed by atoms with Gasteiger partial charge in [-0.1, -0.05) is 86.6 Å². The highest BCUT2D eigenvalue weighted by molar-refractivity contribution is 5.80. The lowest BCUT2D eigenvalue weighted by Gasteiger charge is -2.57. The van der Waals surface area contributed by atoms with E-state index in [0.29, 0.717) is 18.4 Å². The molecule has 218 valence electrons. The smallest absolute Gasteiger partial charge is 0.227 e. The van der Waals surface area contributed by atoms with Crippen LogP contribution in [0.1, 0.15) is 68.2 Å². The van der Waals surface area contributed by atoms with Crippen LogP contribution in [-0.4, -0.2) is 61.1 Å². The van der Waals surface area contributed by atoms with Crippen LogP contribution < -0.4 is 10.1 Å². The van der Waals surface area contributed by atoms with Crippen molar-refractivity contribution in [2.45, 2.75) is 64.6 Å². The fourth-order valence-corrected chi connectivity index (χ4v) is 7.33. The van der Waals surface area contributed by atoms with Gasteiger partial charge in [-0.3, -0.25) is 9.69 Å². The van der Waals surface area contributed by atoms with Crippen LogP contribution in [0.4, 0.5) is 0 Å². The Labute approximate surface area is 246 Å². The van der Waals surface area contributed by atoms with E-state index < -0.39 is 0 Å². The van der Waals surface area contributed by atoms with Gasteiger partial charge in [0.25, 0.3) is 0 Å². The number of nitrogens with zero attached hydrogens (tertiary/aromatic N) is 2. The molecule has 3 fully saturated rings. The van der Waals surface area contributed by atoms with E-state index >= 15 is 0 Å². The maximum Gasteiger partial charge on any atom is 0.227 e. The zero-order valence-corrected chi connectivity index (χ0v) is 25.4. The zero-order valence-electron chi connectivity index (χ0n) is 25.4. The number of amides is 1. The zero-order chi connectivity index (χ0) is 28.9. The number of hydrogen-bond acceptors (Lipinski definition) is 4. The van der Waals surface area contributed by atoms with E-state index in [2.05, 4.69) is 117 Å². The molecule has 5 nitrogen and oxygen atoms in total. The Hall–Kier alpha value is -3.15. The highest BCUT2D eigenvalue weighted by atomic mass is 16.5. The van der Waals surface area contributed by atoms with Crippen molar-refractivity contribution >= 4 is 5.91 Å². The van der Waals surface area contributed by atoms with Crippen LogP contribution in [0.25, 0.3) is 0 Å². The van der Waals surface area contributed by atoms with Crippen molar-refractivity contribution in [3.05, 3.63) is 101 Å². The summed E-state index contributed by atoms with van der Waals surface area (Å²) in [5, 5.41) is 4.05. The quantitative estimate of drug-likeness (QED) is 0.303. The molecule has 1 N–H and O–H groups in total. The van der Waals surface area contributed by atoms with Crippen molar-refractivity contribution in [3.63, 3.8) is 0 Å². The number of rotatable bonds is 11. The predicted octanol–water partition coefficient (Wildman–Crippen LogP) is 6.30. The number of benzene rings is 3. The van der Waals surface area contributed by atoms with Gasteiger partial charge in [-0.25, -0.2) is 0 Å². The van der Waals surface area contributed by atoms with Crippen LogP contribution in [0.5, 0.6) is 5.75 Å². The number of nitrogens with one attached hydrogen (secondary N) is 1. The minimum atomic E-state index is 0.00786. The molecule has 3 heterocycles. The van der Waals surface area contributed by atoms with E-state index in [4.69, 9.17) is 4.74 Å². The van der Waals surface area contributed by atoms with Gasteiger partial charge in [0.15, 0.2) is 0 Å². The van der Waals surface area contributed by atoms with Crippen LogP contribution in [0.15, 0.2) is 78.9 Å². The van der Waals surface area contributed by atoms with E-state index in [1.165, 1.54) is 22.3 Å². The second-order valence-electron chi connectivity index (χ2n) is 12.0. The second-order valence-corrected chi connectivity index (χ2v) is 12.0. The third-order valence-electron chi connectivity index (χ3n) is 9.50. The van der Waals surface area contributed by atoms with Gasteiger partial charge in [0.2, 0.25) is 5.91 Å². The first-order chi connectivity index (χ1) is 20.0. The molecule has 2 bridgehead atoms. The van der Waals surface area contributed by atoms with Crippen molar-refractivity contribution in [2.24, 2.45) is 11.8 Å². The summed E-state index contributed by atoms with van der Waals surface area (Å²) in [6.07, 6.45) is 1.03. The van der Waals surface area contributed by atoms with Gasteiger partial charge in [0.1, 0.15) is 5.75 Å². The Bertz CT molecular complexity index is 1230. The first kappa shape index (κ1) is 29.3. The normalized spacial score (nSPS) is 23.6. The lowest BCUT2D eigenvalue weighted by Crippen LogP contribution is -2.69. The molecule has 6 rings (SSSR count). The second kappa shape index (κ2) is 13.2. The molecule has 0 radical (unpaired) electrons. The lowest BCUT2D eigenvalue weighted by molar-refractivity contribution is -0.145. The van der Waals surface area contributed by atoms with Crippen molar-refractivity contribution in [2.75, 3.05) is 33.3 Å². The molecule has 3 aromatic carbocycles. The predicted molar refractivity (Wildman–Crippen MR) is 167 cm³/mol. The molecule has 0 spiro atoms. The summed E-state index contributed by atoms with van der Waals surface area (Å²) < 4.78 is 5.80. The van der Waals surface area contributed by atoms with E-state index in [9.17, 15) is 4.79 Å². The van der Waals surface area contributed by atoms with E-state index in [0.717, 1.165) is 38.3 Å². The summed E-state index contributed by atoms with van der Waals surface area (Å²) >= 11 is 0. The van der Waals surface area contributed by atoms with Gasteiger partial charge in [-0.05, 0) is 61.4 Å². The van der Waals surface area contributed by atoms with Crippen molar-refractivity contribution in [3.8, 4) is 5.75 Å². The average molecular weight is 554 g/mol. The summed E-state index contributed by atoms with van der Waals surface area (Å²) in [5.41, 5.74) is 5.15. The fraction of sp³-hybridized carbons (Fsp3) is 0.472. The number of ether oxygens (including phenoxy) is 1. The summed E-state index contributed by atoms with van der Waals surface area (Å²) in [6, 6.07) is 28.8. The van der Waals surface area contributed by atoms with Crippen molar-refractivity contribution in [1.29, 1.82) is 0 Å². The molecule has 1 amide bonds. The molecule has 3 aliphatic heterocycles. The van der Waals surface area contributed by atoms with Crippen LogP contribution >= 0.6 is 0 Å². The molecule has 0 saturated carbocycles. The molecule has 0 aliphatic carbocycles. The Kier molecular flexibility index (Phi) is 9.46. The van der Waals surface area contributed by atoms with Crippen molar-refractivity contribution in [1.82, 2.24) is 15.1 Å². The Morgan fingerprint density at radius 2 is 1.59 bits per heavy atom. The molecule has 3 saturated heterocycles. The van der Waals surface area contributed by atoms with Crippen LogP contribution in [0.3, 0.4) is 0 Å². The van der Waals surface area contributed by atoms with Crippen molar-refractivity contribution < 1.29 is 9.53 Å². The number of piperidine rings is 3. The molecule has 5 atom stereocenters. The van der Waals surface area contributed by atoms with Gasteiger partial charge < -0.3 is 15.0 Å². The highest BCUT2D eigenvalue weighted by Crippen LogP contribution is 2.45. The van der Waals surface area contributed by atoms with Gasteiger partial charge in [0.05, 0.1) is 13.0 Å². The van der Waals surface area contributed by atoms with E-state index in [-0.39, 0.29) is 29.8 Å². The molecular formula is C36H47N3O2. The minimum absolute atomic E-state index is 0.00786. The summed E-state index contributed by atoms with van der Waals surface area (Å²) in [5.74, 6) is 2.15. The number of fused-ring (bicyclic) bond motifs is 3. The summed E-state index contributed by atoms with van der Waals surface area (Å²) in [6.45, 7) is 12.7. The topological polar surface area (TPSA) is 44.8 Å². The summed E-state index contributed by atoms with van der Waals surface area (Å²) in [4.78, 5) is 18.5. The highest BCUT2D eigenvalue weighted by Gasteiger charge is 2.52. The number of carbonyl (C=O) groups is 1. The van der Waals surface area contributed by atoms with Crippen LogP contribution in [0, 0.1) is 11.8 Å². The maximum absolute atomic E-state index is 13.9. The summed E-state index contributed by atoms with van der Waals surface area (Å²) in [7, 11) is 1.75. The van der Waals surface area contributed by atoms with Crippen LogP contribution in [0.2, 0.25) is 0 Å². The van der Waals surface area contributed by atoms with E-state index in [1.54, 1.807) is 7.11 Å². The van der Waals surface area contributed by atoms with Gasteiger partial charge in [-0.15, -0.1) is 0 Å². The molecule has 41 heavy (non-hydrogen) atoms. The average Bonchev–Trinajstić information content (AvgIpc) is 3.02. The maximum atomic E-state index is 13.9. The standard InChI is InChI=1S/C36H47N3O2/c1-6-38(7-2)36(40)31-24-39-21-20-30(31)34(37-23-29-22-28(25(3)4)18-19-32(29)41-5)35(39)33(26-14-10-8-11-15-26)27-16-12-9-13-17-27/h8-19,22,25,30-31,33-35,37H,6-7,20-21,23-24H2,1-5H3/t30-,31+,34+,35+/m1/s1. The number of carbonyl (C=O) groups excluding carboxylic acids is 1. The van der Waals surface area contributed by atoms with Gasteiger partial charge >= 0.3 is 0 Å². The van der Waals surface area contributed by atoms with E-state index in [1.807, 2.05) is 4.90 Å². The Morgan fingerprint density at radius 3 is 2.15 bits per heavy atom. The molecule has 1 unspecified atom stereocenters. The lowest BCUT2D eigenvalue weighted by atomic mass is 9.66. The molecular weight excluding hydrogens is 506 g/mol. The Balaban J connectivity index is 1.55. The third-order valence-corrected chi connectivity index (χ3v) is 9.50. The largest absolute Gasteiger partial charge is 0.496 e.